The van der Waals surface area contributed by atoms with E-state index in [-0.39, 0.29) is 20.6 Å². The molecule has 0 aliphatic heterocycles. The molecule has 11 heteroatoms. The first-order valence-corrected chi connectivity index (χ1v) is 19.8. The van der Waals surface area contributed by atoms with Crippen molar-refractivity contribution < 1.29 is 28.6 Å². The average Bonchev–Trinajstić information content (AvgIpc) is 3.05. The highest BCUT2D eigenvalue weighted by atomic mass is 32.2. The van der Waals surface area contributed by atoms with E-state index in [1.54, 1.807) is 44.3 Å². The van der Waals surface area contributed by atoms with Crippen molar-refractivity contribution in [1.82, 2.24) is 0 Å². The monoisotopic (exact) mass is 704 g/mol. The van der Waals surface area contributed by atoms with Crippen LogP contribution in [0.4, 0.5) is 0 Å². The molecule has 0 spiro atoms. The van der Waals surface area contributed by atoms with Crippen LogP contribution < -0.4 is 14.2 Å². The second-order valence-electron chi connectivity index (χ2n) is 9.75. The summed E-state index contributed by atoms with van der Waals surface area (Å²) in [5.41, 5.74) is 0. The number of hydrogen-bond acceptors (Lipinski definition) is 11. The van der Waals surface area contributed by atoms with E-state index in [0.717, 1.165) is 17.3 Å². The molecule has 0 amide bonds. The Kier molecular flexibility index (Phi) is 17.9. The first-order chi connectivity index (χ1) is 21.8. The van der Waals surface area contributed by atoms with Gasteiger partial charge in [-0.05, 0) is 57.2 Å². The van der Waals surface area contributed by atoms with Gasteiger partial charge in [0.1, 0.15) is 17.2 Å². The summed E-state index contributed by atoms with van der Waals surface area (Å²) in [6.07, 6.45) is -1.61. The summed E-state index contributed by atoms with van der Waals surface area (Å²) in [5, 5.41) is 0.183. The fraction of sp³-hybridized carbons (Fsp3) is 0.382. The number of rotatable bonds is 20. The maximum absolute atomic E-state index is 12.8. The van der Waals surface area contributed by atoms with Crippen molar-refractivity contribution in [1.29, 1.82) is 0 Å². The van der Waals surface area contributed by atoms with Crippen LogP contribution >= 0.6 is 58.8 Å². The molecule has 0 fully saturated rings. The Morgan fingerprint density at radius 3 is 1.31 bits per heavy atom. The van der Waals surface area contributed by atoms with Crippen molar-refractivity contribution >= 4 is 74.2 Å². The zero-order valence-corrected chi connectivity index (χ0v) is 29.8. The number of benzene rings is 3. The van der Waals surface area contributed by atoms with Crippen LogP contribution in [0.15, 0.2) is 91.0 Å². The zero-order chi connectivity index (χ0) is 32.3. The molecule has 0 saturated heterocycles. The molecule has 45 heavy (non-hydrogen) atoms. The van der Waals surface area contributed by atoms with E-state index in [4.69, 9.17) is 14.2 Å². The summed E-state index contributed by atoms with van der Waals surface area (Å²) in [6.45, 7) is 5.32. The van der Waals surface area contributed by atoms with Gasteiger partial charge in [0.25, 0.3) is 0 Å². The van der Waals surface area contributed by atoms with Crippen LogP contribution in [0.2, 0.25) is 0 Å². The van der Waals surface area contributed by atoms with Gasteiger partial charge in [0.05, 0.1) is 0 Å². The first kappa shape index (κ1) is 37.3. The van der Waals surface area contributed by atoms with Crippen LogP contribution in [0.25, 0.3) is 0 Å². The summed E-state index contributed by atoms with van der Waals surface area (Å²) in [7, 11) is 0. The van der Waals surface area contributed by atoms with E-state index in [2.05, 4.69) is 0 Å². The van der Waals surface area contributed by atoms with Crippen LogP contribution in [0.1, 0.15) is 20.8 Å². The summed E-state index contributed by atoms with van der Waals surface area (Å²) in [5.74, 6) is 6.41. The average molecular weight is 705 g/mol. The third-order valence-electron chi connectivity index (χ3n) is 6.03. The van der Waals surface area contributed by atoms with Crippen LogP contribution in [-0.2, 0) is 14.4 Å². The fourth-order valence-electron chi connectivity index (χ4n) is 3.70. The minimum atomic E-state index is -0.558. The fourth-order valence-corrected chi connectivity index (χ4v) is 9.23. The number of thioether (sulfide) groups is 5. The standard InChI is InChI=1S/C34H40O6S5/c1-25(38-28-13-7-4-8-14-28)32(35)43-20-19-41-23-31(24-45-34(37)27(3)40-30-17-11-6-12-18-30)42-21-22-44-33(36)26(2)39-29-15-9-5-10-16-29/h4-18,25-27,31H,19-24H2,1-3H3. The normalized spacial score (nSPS) is 13.7. The molecule has 3 rings (SSSR count). The van der Waals surface area contributed by atoms with Gasteiger partial charge in [-0.3, -0.25) is 14.4 Å². The molecule has 242 valence electrons. The maximum atomic E-state index is 12.8. The van der Waals surface area contributed by atoms with E-state index < -0.39 is 18.3 Å². The minimum absolute atomic E-state index is 0.00557. The van der Waals surface area contributed by atoms with Gasteiger partial charge >= 0.3 is 0 Å². The lowest BCUT2D eigenvalue weighted by molar-refractivity contribution is -0.117. The smallest absolute Gasteiger partial charge is 0.229 e. The van der Waals surface area contributed by atoms with Gasteiger partial charge < -0.3 is 14.2 Å². The summed E-state index contributed by atoms with van der Waals surface area (Å²) in [4.78, 5) is 38.0. The van der Waals surface area contributed by atoms with Crippen molar-refractivity contribution in [2.24, 2.45) is 0 Å². The lowest BCUT2D eigenvalue weighted by Crippen LogP contribution is -2.23. The second-order valence-corrected chi connectivity index (χ2v) is 15.5. The molecule has 0 radical (unpaired) electrons. The Morgan fingerprint density at radius 1 is 0.511 bits per heavy atom. The van der Waals surface area contributed by atoms with Gasteiger partial charge in [0, 0.05) is 39.8 Å². The van der Waals surface area contributed by atoms with Crippen molar-refractivity contribution in [3.63, 3.8) is 0 Å². The zero-order valence-electron chi connectivity index (χ0n) is 25.7. The predicted octanol–water partition coefficient (Wildman–Crippen LogP) is 8.00. The molecule has 0 saturated carbocycles. The topological polar surface area (TPSA) is 78.9 Å². The third-order valence-corrected chi connectivity index (χ3v) is 12.6. The first-order valence-electron chi connectivity index (χ1n) is 14.7. The molecule has 4 unspecified atom stereocenters. The predicted molar refractivity (Wildman–Crippen MR) is 196 cm³/mol. The lowest BCUT2D eigenvalue weighted by atomic mass is 10.3. The molecule has 0 aliphatic carbocycles. The maximum Gasteiger partial charge on any atom is 0.229 e. The molecule has 0 heterocycles. The summed E-state index contributed by atoms with van der Waals surface area (Å²) >= 11 is 7.38. The number of para-hydroxylation sites is 3. The van der Waals surface area contributed by atoms with Gasteiger partial charge in [-0.2, -0.15) is 23.5 Å². The highest BCUT2D eigenvalue weighted by Gasteiger charge is 2.20. The van der Waals surface area contributed by atoms with Crippen LogP contribution in [0, 0.1) is 0 Å². The van der Waals surface area contributed by atoms with Crippen molar-refractivity contribution in [2.75, 3.05) is 34.5 Å². The van der Waals surface area contributed by atoms with E-state index >= 15 is 0 Å². The molecule has 3 aromatic rings. The number of hydrogen-bond donors (Lipinski definition) is 0. The van der Waals surface area contributed by atoms with Crippen LogP contribution in [0.5, 0.6) is 17.2 Å². The molecule has 0 aromatic heterocycles. The molecular weight excluding hydrogens is 665 g/mol. The number of carbonyl (C=O) groups is 3. The molecular formula is C34H40O6S5. The summed E-state index contributed by atoms with van der Waals surface area (Å²) < 4.78 is 17.3. The second kappa shape index (κ2) is 21.6. The van der Waals surface area contributed by atoms with Gasteiger partial charge in [-0.15, -0.1) is 0 Å². The largest absolute Gasteiger partial charge is 0.482 e. The summed E-state index contributed by atoms with van der Waals surface area (Å²) in [6, 6.07) is 28.0. The molecule has 0 N–H and O–H groups in total. The third kappa shape index (κ3) is 15.3. The lowest BCUT2D eigenvalue weighted by Gasteiger charge is -2.18. The highest BCUT2D eigenvalue weighted by Crippen LogP contribution is 2.26. The van der Waals surface area contributed by atoms with Gasteiger partial charge in [-0.25, -0.2) is 0 Å². The molecule has 0 aliphatic rings. The minimum Gasteiger partial charge on any atom is -0.482 e. The van der Waals surface area contributed by atoms with E-state index in [1.807, 2.05) is 91.0 Å². The molecule has 6 nitrogen and oxygen atoms in total. The quantitative estimate of drug-likeness (QED) is 0.107. The van der Waals surface area contributed by atoms with E-state index in [9.17, 15) is 14.4 Å². The van der Waals surface area contributed by atoms with Crippen molar-refractivity contribution in [2.45, 2.75) is 44.3 Å². The van der Waals surface area contributed by atoms with Crippen LogP contribution in [-0.4, -0.2) is 73.4 Å². The molecule has 4 atom stereocenters. The van der Waals surface area contributed by atoms with Gasteiger partial charge in [0.2, 0.25) is 15.3 Å². The number of ether oxygens (including phenoxy) is 3. The molecule has 3 aromatic carbocycles. The van der Waals surface area contributed by atoms with Crippen molar-refractivity contribution in [3.8, 4) is 17.2 Å². The van der Waals surface area contributed by atoms with Gasteiger partial charge in [-0.1, -0.05) is 89.9 Å². The van der Waals surface area contributed by atoms with Crippen molar-refractivity contribution in [3.05, 3.63) is 91.0 Å². The highest BCUT2D eigenvalue weighted by molar-refractivity contribution is 8.16. The Labute approximate surface area is 288 Å². The van der Waals surface area contributed by atoms with E-state index in [0.29, 0.717) is 34.5 Å². The Hall–Kier alpha value is -2.18. The SMILES string of the molecule is CC(Oc1ccccc1)C(=O)SCCSCC(CSC(=O)C(C)Oc1ccccc1)SCCSC(=O)C(C)Oc1ccccc1. The Morgan fingerprint density at radius 2 is 0.889 bits per heavy atom. The molecule has 0 bridgehead atoms. The number of carbonyl (C=O) groups excluding carboxylic acids is 3. The Balaban J connectivity index is 1.41. The van der Waals surface area contributed by atoms with Crippen LogP contribution in [0.3, 0.4) is 0 Å². The van der Waals surface area contributed by atoms with E-state index in [1.165, 1.54) is 35.3 Å². The Bertz CT molecular complexity index is 1280. The van der Waals surface area contributed by atoms with Gasteiger partial charge in [0.15, 0.2) is 18.3 Å².